The van der Waals surface area contributed by atoms with Gasteiger partial charge in [0.25, 0.3) is 0 Å². The summed E-state index contributed by atoms with van der Waals surface area (Å²) >= 11 is 0. The molecule has 3 heteroatoms. The standard InChI is InChI=1S/C13H28N2O/c1-11(2)13(3,16)10-15(5)12-6-8-14(4)9-7-12/h11-12,16H,6-10H2,1-5H3. The van der Waals surface area contributed by atoms with Crippen LogP contribution in [0.5, 0.6) is 0 Å². The van der Waals surface area contributed by atoms with E-state index in [1.807, 2.05) is 6.92 Å². The molecule has 0 spiro atoms. The molecule has 1 unspecified atom stereocenters. The molecule has 0 aliphatic carbocycles. The first kappa shape index (κ1) is 13.9. The summed E-state index contributed by atoms with van der Waals surface area (Å²) in [5.74, 6) is 0.307. The van der Waals surface area contributed by atoms with Crippen molar-refractivity contribution in [1.29, 1.82) is 0 Å². The number of piperidine rings is 1. The maximum absolute atomic E-state index is 10.3. The fourth-order valence-electron chi connectivity index (χ4n) is 2.25. The molecule has 1 aliphatic heterocycles. The zero-order valence-electron chi connectivity index (χ0n) is 11.5. The minimum absolute atomic E-state index is 0.307. The predicted molar refractivity (Wildman–Crippen MR) is 68.6 cm³/mol. The predicted octanol–water partition coefficient (Wildman–Crippen LogP) is 1.42. The summed E-state index contributed by atoms with van der Waals surface area (Å²) in [5.41, 5.74) is -0.571. The number of rotatable bonds is 4. The highest BCUT2D eigenvalue weighted by Crippen LogP contribution is 2.21. The molecule has 96 valence electrons. The van der Waals surface area contributed by atoms with Gasteiger partial charge in [0.05, 0.1) is 5.60 Å². The van der Waals surface area contributed by atoms with Gasteiger partial charge in [0.1, 0.15) is 0 Å². The van der Waals surface area contributed by atoms with Gasteiger partial charge in [-0.1, -0.05) is 13.8 Å². The molecule has 1 N–H and O–H groups in total. The molecule has 0 aromatic carbocycles. The second kappa shape index (κ2) is 5.48. The molecule has 0 bridgehead atoms. The lowest BCUT2D eigenvalue weighted by atomic mass is 9.91. The van der Waals surface area contributed by atoms with Crippen LogP contribution >= 0.6 is 0 Å². The van der Waals surface area contributed by atoms with Crippen molar-refractivity contribution in [3.63, 3.8) is 0 Å². The van der Waals surface area contributed by atoms with Gasteiger partial charge in [0.2, 0.25) is 0 Å². The second-order valence-electron chi connectivity index (χ2n) is 5.96. The van der Waals surface area contributed by atoms with Crippen molar-refractivity contribution in [2.45, 2.75) is 45.3 Å². The Hall–Kier alpha value is -0.120. The first-order chi connectivity index (χ1) is 7.33. The van der Waals surface area contributed by atoms with Gasteiger partial charge < -0.3 is 14.9 Å². The number of likely N-dealkylation sites (tertiary alicyclic amines) is 1. The van der Waals surface area contributed by atoms with Gasteiger partial charge in [0.15, 0.2) is 0 Å². The van der Waals surface area contributed by atoms with E-state index in [-0.39, 0.29) is 0 Å². The van der Waals surface area contributed by atoms with Crippen molar-refractivity contribution >= 4 is 0 Å². The summed E-state index contributed by atoms with van der Waals surface area (Å²) in [4.78, 5) is 4.72. The number of hydrogen-bond donors (Lipinski definition) is 1. The van der Waals surface area contributed by atoms with E-state index in [2.05, 4.69) is 37.7 Å². The normalized spacial score (nSPS) is 24.0. The van der Waals surface area contributed by atoms with E-state index < -0.39 is 5.60 Å². The molecule has 0 aromatic heterocycles. The molecule has 1 heterocycles. The summed E-state index contributed by atoms with van der Waals surface area (Å²) in [5, 5.41) is 10.3. The van der Waals surface area contributed by atoms with Gasteiger partial charge in [-0.3, -0.25) is 0 Å². The zero-order valence-corrected chi connectivity index (χ0v) is 11.5. The highest BCUT2D eigenvalue weighted by molar-refractivity contribution is 4.84. The van der Waals surface area contributed by atoms with Crippen LogP contribution in [-0.2, 0) is 0 Å². The molecule has 1 rings (SSSR count). The molecule has 1 saturated heterocycles. The molecule has 1 fully saturated rings. The highest BCUT2D eigenvalue weighted by atomic mass is 16.3. The number of aliphatic hydroxyl groups is 1. The molecule has 3 nitrogen and oxygen atoms in total. The Morgan fingerprint density at radius 3 is 2.31 bits per heavy atom. The third kappa shape index (κ3) is 3.72. The SMILES string of the molecule is CC(C)C(C)(O)CN(C)C1CCN(C)CC1. The summed E-state index contributed by atoms with van der Waals surface area (Å²) in [7, 11) is 4.33. The quantitative estimate of drug-likeness (QED) is 0.788. The van der Waals surface area contributed by atoms with Gasteiger partial charge in [0, 0.05) is 12.6 Å². The van der Waals surface area contributed by atoms with Crippen molar-refractivity contribution in [2.75, 3.05) is 33.7 Å². The van der Waals surface area contributed by atoms with E-state index in [0.29, 0.717) is 12.0 Å². The lowest BCUT2D eigenvalue weighted by molar-refractivity contribution is -0.0275. The van der Waals surface area contributed by atoms with Crippen LogP contribution < -0.4 is 0 Å². The smallest absolute Gasteiger partial charge is 0.0768 e. The Kier molecular flexibility index (Phi) is 4.77. The Bertz CT molecular complexity index is 208. The van der Waals surface area contributed by atoms with Crippen LogP contribution in [-0.4, -0.2) is 60.3 Å². The van der Waals surface area contributed by atoms with E-state index in [0.717, 1.165) is 6.54 Å². The Balaban J connectivity index is 2.43. The lowest BCUT2D eigenvalue weighted by Crippen LogP contribution is -2.49. The lowest BCUT2D eigenvalue weighted by Gasteiger charge is -2.39. The molecule has 0 amide bonds. The fraction of sp³-hybridized carbons (Fsp3) is 1.00. The summed E-state index contributed by atoms with van der Waals surface area (Å²) in [6, 6.07) is 0.640. The van der Waals surface area contributed by atoms with E-state index in [4.69, 9.17) is 0 Å². The van der Waals surface area contributed by atoms with Crippen LogP contribution in [0.2, 0.25) is 0 Å². The van der Waals surface area contributed by atoms with Crippen molar-refractivity contribution in [1.82, 2.24) is 9.80 Å². The Morgan fingerprint density at radius 2 is 1.88 bits per heavy atom. The fourth-order valence-corrected chi connectivity index (χ4v) is 2.25. The average Bonchev–Trinajstić information content (AvgIpc) is 2.17. The number of nitrogens with zero attached hydrogens (tertiary/aromatic N) is 2. The second-order valence-corrected chi connectivity index (χ2v) is 5.96. The van der Waals surface area contributed by atoms with Crippen molar-refractivity contribution in [3.05, 3.63) is 0 Å². The molecule has 0 saturated carbocycles. The van der Waals surface area contributed by atoms with E-state index in [1.54, 1.807) is 0 Å². The third-order valence-corrected chi connectivity index (χ3v) is 4.12. The van der Waals surface area contributed by atoms with Crippen molar-refractivity contribution in [2.24, 2.45) is 5.92 Å². The molecule has 1 aliphatic rings. The summed E-state index contributed by atoms with van der Waals surface area (Å²) < 4.78 is 0. The molecular formula is C13H28N2O. The van der Waals surface area contributed by atoms with Gasteiger partial charge >= 0.3 is 0 Å². The van der Waals surface area contributed by atoms with Crippen LogP contribution in [0.15, 0.2) is 0 Å². The third-order valence-electron chi connectivity index (χ3n) is 4.12. The largest absolute Gasteiger partial charge is 0.389 e. The van der Waals surface area contributed by atoms with Gasteiger partial charge in [-0.05, 0) is 52.9 Å². The van der Waals surface area contributed by atoms with E-state index in [1.165, 1.54) is 25.9 Å². The Labute approximate surface area is 100 Å². The van der Waals surface area contributed by atoms with Crippen LogP contribution in [0.4, 0.5) is 0 Å². The molecule has 1 atom stereocenters. The van der Waals surface area contributed by atoms with Gasteiger partial charge in [-0.15, -0.1) is 0 Å². The van der Waals surface area contributed by atoms with E-state index in [9.17, 15) is 5.11 Å². The van der Waals surface area contributed by atoms with Crippen LogP contribution in [0, 0.1) is 5.92 Å². The maximum atomic E-state index is 10.3. The van der Waals surface area contributed by atoms with Crippen LogP contribution in [0.3, 0.4) is 0 Å². The van der Waals surface area contributed by atoms with Crippen LogP contribution in [0.25, 0.3) is 0 Å². The summed E-state index contributed by atoms with van der Waals surface area (Å²) in [6.45, 7) is 9.25. The number of likely N-dealkylation sites (N-methyl/N-ethyl adjacent to an activating group) is 1. The van der Waals surface area contributed by atoms with Crippen molar-refractivity contribution < 1.29 is 5.11 Å². The molecule has 16 heavy (non-hydrogen) atoms. The monoisotopic (exact) mass is 228 g/mol. The maximum Gasteiger partial charge on any atom is 0.0768 e. The minimum atomic E-state index is -0.571. The average molecular weight is 228 g/mol. The van der Waals surface area contributed by atoms with Gasteiger partial charge in [-0.25, -0.2) is 0 Å². The molecule has 0 radical (unpaired) electrons. The summed E-state index contributed by atoms with van der Waals surface area (Å²) in [6.07, 6.45) is 2.45. The van der Waals surface area contributed by atoms with E-state index >= 15 is 0 Å². The van der Waals surface area contributed by atoms with Crippen LogP contribution in [0.1, 0.15) is 33.6 Å². The molecular weight excluding hydrogens is 200 g/mol. The number of hydrogen-bond acceptors (Lipinski definition) is 3. The topological polar surface area (TPSA) is 26.7 Å². The minimum Gasteiger partial charge on any atom is -0.389 e. The molecule has 0 aromatic rings. The first-order valence-corrected chi connectivity index (χ1v) is 6.44. The Morgan fingerprint density at radius 1 is 1.38 bits per heavy atom. The van der Waals surface area contributed by atoms with Gasteiger partial charge in [-0.2, -0.15) is 0 Å². The highest BCUT2D eigenvalue weighted by Gasteiger charge is 2.30. The zero-order chi connectivity index (χ0) is 12.3. The van der Waals surface area contributed by atoms with Crippen molar-refractivity contribution in [3.8, 4) is 0 Å². The first-order valence-electron chi connectivity index (χ1n) is 6.44.